The number of hydrogen-bond donors (Lipinski definition) is 0. The third-order valence-electron chi connectivity index (χ3n) is 4.46. The predicted molar refractivity (Wildman–Crippen MR) is 86.9 cm³/mol. The van der Waals surface area contributed by atoms with E-state index in [0.29, 0.717) is 12.4 Å². The SMILES string of the molecule is COC(=O)[C@@H]1CCCN1Cc1nc(-c2ccccc2C)oc1C. The monoisotopic (exact) mass is 314 g/mol. The van der Waals surface area contributed by atoms with Crippen molar-refractivity contribution in [3.8, 4) is 11.5 Å². The molecule has 0 N–H and O–H groups in total. The smallest absolute Gasteiger partial charge is 0.323 e. The number of carbonyl (C=O) groups is 1. The van der Waals surface area contributed by atoms with Crippen LogP contribution in [0.3, 0.4) is 0 Å². The number of nitrogens with zero attached hydrogens (tertiary/aromatic N) is 2. The molecule has 0 radical (unpaired) electrons. The summed E-state index contributed by atoms with van der Waals surface area (Å²) < 4.78 is 10.8. The fraction of sp³-hybridized carbons (Fsp3) is 0.444. The van der Waals surface area contributed by atoms with E-state index in [0.717, 1.165) is 42.0 Å². The highest BCUT2D eigenvalue weighted by molar-refractivity contribution is 5.76. The lowest BCUT2D eigenvalue weighted by molar-refractivity contribution is -0.146. The van der Waals surface area contributed by atoms with Gasteiger partial charge in [-0.05, 0) is 44.9 Å². The fourth-order valence-electron chi connectivity index (χ4n) is 3.11. The molecule has 5 heteroatoms. The van der Waals surface area contributed by atoms with Gasteiger partial charge in [0.1, 0.15) is 11.8 Å². The average Bonchev–Trinajstić information content (AvgIpc) is 3.15. The zero-order valence-corrected chi connectivity index (χ0v) is 13.8. The molecule has 1 aromatic carbocycles. The molecule has 0 bridgehead atoms. The molecule has 0 amide bonds. The normalized spacial score (nSPS) is 18.3. The molecule has 0 spiro atoms. The zero-order valence-electron chi connectivity index (χ0n) is 13.8. The molecule has 1 fully saturated rings. The topological polar surface area (TPSA) is 55.6 Å². The van der Waals surface area contributed by atoms with Crippen molar-refractivity contribution in [1.29, 1.82) is 0 Å². The van der Waals surface area contributed by atoms with E-state index in [2.05, 4.69) is 9.88 Å². The van der Waals surface area contributed by atoms with Gasteiger partial charge >= 0.3 is 5.97 Å². The van der Waals surface area contributed by atoms with Gasteiger partial charge in [-0.3, -0.25) is 9.69 Å². The summed E-state index contributed by atoms with van der Waals surface area (Å²) in [6, 6.07) is 7.87. The van der Waals surface area contributed by atoms with Crippen molar-refractivity contribution in [3.05, 3.63) is 41.3 Å². The quantitative estimate of drug-likeness (QED) is 0.812. The molecular weight excluding hydrogens is 292 g/mol. The van der Waals surface area contributed by atoms with Gasteiger partial charge in [0.25, 0.3) is 0 Å². The minimum atomic E-state index is -0.169. The summed E-state index contributed by atoms with van der Waals surface area (Å²) in [5.41, 5.74) is 3.03. The Labute approximate surface area is 136 Å². The highest BCUT2D eigenvalue weighted by Gasteiger charge is 2.32. The van der Waals surface area contributed by atoms with E-state index < -0.39 is 0 Å². The van der Waals surface area contributed by atoms with Crippen LogP contribution in [0.25, 0.3) is 11.5 Å². The van der Waals surface area contributed by atoms with Gasteiger partial charge in [-0.1, -0.05) is 18.2 Å². The van der Waals surface area contributed by atoms with Crippen LogP contribution in [0, 0.1) is 13.8 Å². The van der Waals surface area contributed by atoms with Gasteiger partial charge in [0.15, 0.2) is 0 Å². The number of methoxy groups -OCH3 is 1. The minimum absolute atomic E-state index is 0.164. The first-order valence-electron chi connectivity index (χ1n) is 7.94. The van der Waals surface area contributed by atoms with E-state index in [1.165, 1.54) is 7.11 Å². The number of hydrogen-bond acceptors (Lipinski definition) is 5. The van der Waals surface area contributed by atoms with Crippen molar-refractivity contribution in [2.75, 3.05) is 13.7 Å². The predicted octanol–water partition coefficient (Wildman–Crippen LogP) is 3.10. The molecule has 2 aromatic rings. The molecular formula is C18H22N2O3. The number of benzene rings is 1. The van der Waals surface area contributed by atoms with Crippen LogP contribution in [0.4, 0.5) is 0 Å². The van der Waals surface area contributed by atoms with Crippen molar-refractivity contribution >= 4 is 5.97 Å². The van der Waals surface area contributed by atoms with E-state index in [1.807, 2.05) is 38.1 Å². The van der Waals surface area contributed by atoms with Crippen molar-refractivity contribution < 1.29 is 13.9 Å². The Morgan fingerprint density at radius 2 is 2.17 bits per heavy atom. The molecule has 23 heavy (non-hydrogen) atoms. The first-order valence-corrected chi connectivity index (χ1v) is 7.94. The van der Waals surface area contributed by atoms with Gasteiger partial charge in [0.05, 0.1) is 12.8 Å². The number of esters is 1. The Morgan fingerprint density at radius 3 is 2.91 bits per heavy atom. The number of aryl methyl sites for hydroxylation is 2. The van der Waals surface area contributed by atoms with E-state index >= 15 is 0 Å². The number of oxazole rings is 1. The number of aromatic nitrogens is 1. The van der Waals surface area contributed by atoms with Crippen LogP contribution in [0.15, 0.2) is 28.7 Å². The molecule has 5 nitrogen and oxygen atoms in total. The van der Waals surface area contributed by atoms with Crippen molar-refractivity contribution in [2.45, 2.75) is 39.3 Å². The van der Waals surface area contributed by atoms with Crippen LogP contribution in [0.2, 0.25) is 0 Å². The molecule has 3 rings (SSSR count). The zero-order chi connectivity index (χ0) is 16.4. The molecule has 1 atom stereocenters. The second kappa shape index (κ2) is 6.54. The van der Waals surface area contributed by atoms with Gasteiger partial charge in [-0.15, -0.1) is 0 Å². The van der Waals surface area contributed by atoms with Crippen LogP contribution >= 0.6 is 0 Å². The maximum Gasteiger partial charge on any atom is 0.323 e. The molecule has 1 aromatic heterocycles. The molecule has 0 saturated carbocycles. The Bertz CT molecular complexity index is 708. The van der Waals surface area contributed by atoms with Crippen LogP contribution in [-0.4, -0.2) is 35.5 Å². The summed E-state index contributed by atoms with van der Waals surface area (Å²) in [5, 5.41) is 0. The molecule has 1 aliphatic heterocycles. The van der Waals surface area contributed by atoms with E-state index in [9.17, 15) is 4.79 Å². The van der Waals surface area contributed by atoms with E-state index in [1.54, 1.807) is 0 Å². The number of likely N-dealkylation sites (tertiary alicyclic amines) is 1. The lowest BCUT2D eigenvalue weighted by atomic mass is 10.1. The fourth-order valence-corrected chi connectivity index (χ4v) is 3.11. The van der Waals surface area contributed by atoms with Crippen molar-refractivity contribution in [3.63, 3.8) is 0 Å². The highest BCUT2D eigenvalue weighted by Crippen LogP contribution is 2.27. The maximum absolute atomic E-state index is 11.9. The molecule has 2 heterocycles. The summed E-state index contributed by atoms with van der Waals surface area (Å²) in [6.07, 6.45) is 1.84. The van der Waals surface area contributed by atoms with Crippen LogP contribution in [0.5, 0.6) is 0 Å². The molecule has 0 aliphatic carbocycles. The first kappa shape index (κ1) is 15.7. The molecule has 1 saturated heterocycles. The first-order chi connectivity index (χ1) is 11.1. The van der Waals surface area contributed by atoms with Gasteiger partial charge < -0.3 is 9.15 Å². The lowest BCUT2D eigenvalue weighted by Gasteiger charge is -2.21. The number of ether oxygens (including phenoxy) is 1. The maximum atomic E-state index is 11.9. The Hall–Kier alpha value is -2.14. The second-order valence-corrected chi connectivity index (χ2v) is 5.99. The largest absolute Gasteiger partial charge is 0.468 e. The van der Waals surface area contributed by atoms with Gasteiger partial charge in [0.2, 0.25) is 5.89 Å². The summed E-state index contributed by atoms with van der Waals surface area (Å²) in [5.74, 6) is 1.28. The van der Waals surface area contributed by atoms with Crippen LogP contribution < -0.4 is 0 Å². The third kappa shape index (κ3) is 3.15. The standard InChI is InChI=1S/C18H22N2O3/c1-12-7-4-5-8-14(12)17-19-15(13(2)23-17)11-20-10-6-9-16(20)18(21)22-3/h4-5,7-8,16H,6,9-11H2,1-3H3/t16-/m0/s1. The summed E-state index contributed by atoms with van der Waals surface area (Å²) in [6.45, 7) is 5.46. The lowest BCUT2D eigenvalue weighted by Crippen LogP contribution is -2.36. The summed E-state index contributed by atoms with van der Waals surface area (Å²) >= 11 is 0. The van der Waals surface area contributed by atoms with Gasteiger partial charge in [0, 0.05) is 12.1 Å². The average molecular weight is 314 g/mol. The second-order valence-electron chi connectivity index (χ2n) is 5.99. The molecule has 0 unspecified atom stereocenters. The summed E-state index contributed by atoms with van der Waals surface area (Å²) in [4.78, 5) is 18.7. The van der Waals surface area contributed by atoms with Crippen LogP contribution in [0.1, 0.15) is 29.9 Å². The van der Waals surface area contributed by atoms with E-state index in [4.69, 9.17) is 9.15 Å². The third-order valence-corrected chi connectivity index (χ3v) is 4.46. The minimum Gasteiger partial charge on any atom is -0.468 e. The number of rotatable bonds is 4. The Morgan fingerprint density at radius 1 is 1.39 bits per heavy atom. The summed E-state index contributed by atoms with van der Waals surface area (Å²) in [7, 11) is 1.44. The van der Waals surface area contributed by atoms with Crippen molar-refractivity contribution in [2.24, 2.45) is 0 Å². The Kier molecular flexibility index (Phi) is 4.48. The molecule has 122 valence electrons. The highest BCUT2D eigenvalue weighted by atomic mass is 16.5. The van der Waals surface area contributed by atoms with Gasteiger partial charge in [-0.25, -0.2) is 4.98 Å². The Balaban J connectivity index is 1.82. The molecule has 1 aliphatic rings. The van der Waals surface area contributed by atoms with Gasteiger partial charge in [-0.2, -0.15) is 0 Å². The number of carbonyl (C=O) groups excluding carboxylic acids is 1. The van der Waals surface area contributed by atoms with Crippen molar-refractivity contribution in [1.82, 2.24) is 9.88 Å². The van der Waals surface area contributed by atoms with E-state index in [-0.39, 0.29) is 12.0 Å². The van der Waals surface area contributed by atoms with Crippen LogP contribution in [-0.2, 0) is 16.1 Å².